The molecule has 1 amide bonds. The average Bonchev–Trinajstić information content (AvgIpc) is 3.05. The van der Waals surface area contributed by atoms with E-state index in [1.165, 1.54) is 0 Å². The highest BCUT2D eigenvalue weighted by Gasteiger charge is 2.40. The summed E-state index contributed by atoms with van der Waals surface area (Å²) in [6.07, 6.45) is 1.52. The van der Waals surface area contributed by atoms with Gasteiger partial charge >= 0.3 is 0 Å². The van der Waals surface area contributed by atoms with Gasteiger partial charge in [-0.05, 0) is 38.0 Å². The quantitative estimate of drug-likeness (QED) is 0.375. The van der Waals surface area contributed by atoms with Crippen molar-refractivity contribution in [1.82, 2.24) is 10.2 Å². The molecular weight excluding hydrogens is 491 g/mol. The molecule has 156 valence electrons. The minimum absolute atomic E-state index is 0. The van der Waals surface area contributed by atoms with E-state index in [0.717, 1.165) is 24.2 Å². The molecule has 2 heterocycles. The first kappa shape index (κ1) is 22.9. The number of aliphatic imine (C=N–C) groups is 1. The van der Waals surface area contributed by atoms with E-state index < -0.39 is 14.6 Å². The van der Waals surface area contributed by atoms with Crippen molar-refractivity contribution in [2.24, 2.45) is 4.99 Å². The molecular formula is C19H29IN4O3S. The Morgan fingerprint density at radius 2 is 2.04 bits per heavy atom. The van der Waals surface area contributed by atoms with E-state index in [1.54, 1.807) is 20.9 Å². The molecule has 0 saturated carbocycles. The lowest BCUT2D eigenvalue weighted by Gasteiger charge is -2.39. The summed E-state index contributed by atoms with van der Waals surface area (Å²) in [5.41, 5.74) is 1.98. The molecule has 3 rings (SSSR count). The van der Waals surface area contributed by atoms with Crippen LogP contribution in [-0.2, 0) is 21.2 Å². The molecule has 2 saturated heterocycles. The van der Waals surface area contributed by atoms with Gasteiger partial charge in [-0.25, -0.2) is 8.42 Å². The standard InChI is InChI=1S/C19H28N4O3S.HI/c1-19(2)14-22(10-11-27(19,25)26)18(20-3)21-13-15-6-4-7-16(12-15)23-9-5-8-17(23)24;/h4,6-7,12H,5,8-11,13-14H2,1-3H3,(H,20,21);1H. The molecule has 0 spiro atoms. The van der Waals surface area contributed by atoms with Crippen LogP contribution < -0.4 is 10.2 Å². The zero-order valence-electron chi connectivity index (χ0n) is 16.6. The van der Waals surface area contributed by atoms with Crippen LogP contribution in [0.25, 0.3) is 0 Å². The van der Waals surface area contributed by atoms with Gasteiger partial charge in [0, 0.05) is 45.3 Å². The molecule has 0 aliphatic carbocycles. The number of halogens is 1. The monoisotopic (exact) mass is 520 g/mol. The van der Waals surface area contributed by atoms with Gasteiger partial charge in [0.05, 0.1) is 10.5 Å². The van der Waals surface area contributed by atoms with E-state index in [-0.39, 0.29) is 35.6 Å². The van der Waals surface area contributed by atoms with E-state index in [0.29, 0.717) is 32.0 Å². The maximum Gasteiger partial charge on any atom is 0.227 e. The Labute approximate surface area is 184 Å². The van der Waals surface area contributed by atoms with Crippen LogP contribution in [0.1, 0.15) is 32.3 Å². The first-order valence-electron chi connectivity index (χ1n) is 9.31. The van der Waals surface area contributed by atoms with Crippen molar-refractivity contribution in [3.8, 4) is 0 Å². The fourth-order valence-corrected chi connectivity index (χ4v) is 4.96. The summed E-state index contributed by atoms with van der Waals surface area (Å²) in [7, 11) is -1.38. The first-order valence-corrected chi connectivity index (χ1v) is 11.0. The van der Waals surface area contributed by atoms with Gasteiger partial charge in [0.25, 0.3) is 0 Å². The predicted molar refractivity (Wildman–Crippen MR) is 123 cm³/mol. The molecule has 0 atom stereocenters. The maximum atomic E-state index is 12.2. The summed E-state index contributed by atoms with van der Waals surface area (Å²) in [4.78, 5) is 20.1. The maximum absolute atomic E-state index is 12.2. The lowest BCUT2D eigenvalue weighted by Crippen LogP contribution is -2.57. The zero-order chi connectivity index (χ0) is 19.7. The fraction of sp³-hybridized carbons (Fsp3) is 0.579. The van der Waals surface area contributed by atoms with Crippen LogP contribution in [-0.4, -0.2) is 62.4 Å². The van der Waals surface area contributed by atoms with E-state index in [4.69, 9.17) is 0 Å². The molecule has 9 heteroatoms. The SMILES string of the molecule is CN=C(NCc1cccc(N2CCCC2=O)c1)N1CCS(=O)(=O)C(C)(C)C1.I. The topological polar surface area (TPSA) is 82.1 Å². The van der Waals surface area contributed by atoms with Crippen molar-refractivity contribution in [3.63, 3.8) is 0 Å². The molecule has 2 fully saturated rings. The number of hydrogen-bond acceptors (Lipinski definition) is 4. The molecule has 1 aromatic carbocycles. The average molecular weight is 520 g/mol. The van der Waals surface area contributed by atoms with Crippen LogP contribution in [0.15, 0.2) is 29.3 Å². The molecule has 1 aromatic rings. The Bertz CT molecular complexity index is 854. The van der Waals surface area contributed by atoms with Crippen molar-refractivity contribution in [2.45, 2.75) is 38.0 Å². The number of carbonyl (C=O) groups excluding carboxylic acids is 1. The molecule has 0 bridgehead atoms. The van der Waals surface area contributed by atoms with Gasteiger partial charge in [0.1, 0.15) is 0 Å². The van der Waals surface area contributed by atoms with Gasteiger partial charge in [-0.3, -0.25) is 9.79 Å². The summed E-state index contributed by atoms with van der Waals surface area (Å²) in [6, 6.07) is 7.94. The number of nitrogens with zero attached hydrogens (tertiary/aromatic N) is 3. The van der Waals surface area contributed by atoms with Crippen molar-refractivity contribution in [1.29, 1.82) is 0 Å². The number of anilines is 1. The Kier molecular flexibility index (Phi) is 7.35. The molecule has 1 N–H and O–H groups in total. The number of guanidine groups is 1. The second kappa shape index (κ2) is 8.98. The molecule has 0 unspecified atom stereocenters. The second-order valence-corrected chi connectivity index (χ2v) is 10.5. The van der Waals surface area contributed by atoms with Crippen LogP contribution in [0.3, 0.4) is 0 Å². The van der Waals surface area contributed by atoms with E-state index in [1.807, 2.05) is 34.1 Å². The Balaban J connectivity index is 0.00000280. The smallest absolute Gasteiger partial charge is 0.227 e. The van der Waals surface area contributed by atoms with Gasteiger partial charge < -0.3 is 15.1 Å². The van der Waals surface area contributed by atoms with Crippen LogP contribution in [0, 0.1) is 0 Å². The van der Waals surface area contributed by atoms with Gasteiger partial charge in [0.2, 0.25) is 5.91 Å². The van der Waals surface area contributed by atoms with Crippen LogP contribution in [0.2, 0.25) is 0 Å². The van der Waals surface area contributed by atoms with Crippen molar-refractivity contribution in [3.05, 3.63) is 29.8 Å². The summed E-state index contributed by atoms with van der Waals surface area (Å²) >= 11 is 0. The fourth-order valence-electron chi connectivity index (χ4n) is 3.59. The van der Waals surface area contributed by atoms with Gasteiger partial charge in [-0.15, -0.1) is 24.0 Å². The lowest BCUT2D eigenvalue weighted by atomic mass is 10.2. The Morgan fingerprint density at radius 1 is 1.29 bits per heavy atom. The third-order valence-electron chi connectivity index (χ3n) is 5.30. The number of benzene rings is 1. The number of carbonyl (C=O) groups is 1. The van der Waals surface area contributed by atoms with E-state index >= 15 is 0 Å². The number of hydrogen-bond donors (Lipinski definition) is 1. The first-order chi connectivity index (χ1) is 12.7. The largest absolute Gasteiger partial charge is 0.352 e. The van der Waals surface area contributed by atoms with Crippen LogP contribution >= 0.6 is 24.0 Å². The molecule has 7 nitrogen and oxygen atoms in total. The van der Waals surface area contributed by atoms with E-state index in [2.05, 4.69) is 10.3 Å². The Morgan fingerprint density at radius 3 is 2.64 bits per heavy atom. The minimum atomic E-state index is -3.08. The number of sulfone groups is 1. The lowest BCUT2D eigenvalue weighted by molar-refractivity contribution is -0.117. The van der Waals surface area contributed by atoms with Crippen molar-refractivity contribution < 1.29 is 13.2 Å². The van der Waals surface area contributed by atoms with Gasteiger partial charge in [-0.2, -0.15) is 0 Å². The third-order valence-corrected chi connectivity index (χ3v) is 7.83. The summed E-state index contributed by atoms with van der Waals surface area (Å²) in [6.45, 7) is 5.71. The summed E-state index contributed by atoms with van der Waals surface area (Å²) < 4.78 is 23.6. The third kappa shape index (κ3) is 4.79. The Hall–Kier alpha value is -1.36. The second-order valence-electron chi connectivity index (χ2n) is 7.72. The van der Waals surface area contributed by atoms with Gasteiger partial charge in [0.15, 0.2) is 15.8 Å². The highest BCUT2D eigenvalue weighted by atomic mass is 127. The number of rotatable bonds is 3. The minimum Gasteiger partial charge on any atom is -0.352 e. The number of amides is 1. The van der Waals surface area contributed by atoms with Crippen molar-refractivity contribution >= 4 is 51.4 Å². The van der Waals surface area contributed by atoms with Crippen LogP contribution in [0.4, 0.5) is 5.69 Å². The highest BCUT2D eigenvalue weighted by molar-refractivity contribution is 14.0. The molecule has 2 aliphatic rings. The highest BCUT2D eigenvalue weighted by Crippen LogP contribution is 2.24. The molecule has 2 aliphatic heterocycles. The van der Waals surface area contributed by atoms with Crippen molar-refractivity contribution in [2.75, 3.05) is 37.3 Å². The molecule has 28 heavy (non-hydrogen) atoms. The van der Waals surface area contributed by atoms with Crippen LogP contribution in [0.5, 0.6) is 0 Å². The molecule has 0 aromatic heterocycles. The van der Waals surface area contributed by atoms with E-state index in [9.17, 15) is 13.2 Å². The van der Waals surface area contributed by atoms with Gasteiger partial charge in [-0.1, -0.05) is 12.1 Å². The molecule has 0 radical (unpaired) electrons. The normalized spacial score (nSPS) is 21.4. The summed E-state index contributed by atoms with van der Waals surface area (Å²) in [5, 5.41) is 3.33. The zero-order valence-corrected chi connectivity index (χ0v) is 19.8. The summed E-state index contributed by atoms with van der Waals surface area (Å²) in [5.74, 6) is 1.00. The number of nitrogens with one attached hydrogen (secondary N) is 1. The predicted octanol–water partition coefficient (Wildman–Crippen LogP) is 2.02.